The van der Waals surface area contributed by atoms with Gasteiger partial charge >= 0.3 is 0 Å². The van der Waals surface area contributed by atoms with E-state index in [2.05, 4.69) is 21.2 Å². The monoisotopic (exact) mass is 329 g/mol. The lowest BCUT2D eigenvalue weighted by molar-refractivity contribution is 0.544. The fourth-order valence-electron chi connectivity index (χ4n) is 1.83. The van der Waals surface area contributed by atoms with Gasteiger partial charge in [0.2, 0.25) is 0 Å². The Hall–Kier alpha value is -1.49. The maximum atomic E-state index is 13.6. The molecule has 0 aromatic heterocycles. The van der Waals surface area contributed by atoms with E-state index in [1.165, 1.54) is 30.3 Å². The van der Waals surface area contributed by atoms with Crippen molar-refractivity contribution >= 4 is 21.6 Å². The van der Waals surface area contributed by atoms with Crippen LogP contribution >= 0.6 is 15.9 Å². The highest BCUT2D eigenvalue weighted by Gasteiger charge is 2.16. The molecule has 0 aliphatic carbocycles. The normalized spacial score (nSPS) is 12.3. The SMILES string of the molecule is CC(Nc1ccc(Br)c(F)c1)c1c(F)cccc1F. The summed E-state index contributed by atoms with van der Waals surface area (Å²) in [6.45, 7) is 1.61. The number of nitrogens with one attached hydrogen (secondary N) is 1. The molecule has 5 heteroatoms. The van der Waals surface area contributed by atoms with Gasteiger partial charge in [0.05, 0.1) is 10.5 Å². The van der Waals surface area contributed by atoms with Gasteiger partial charge < -0.3 is 5.32 Å². The first kappa shape index (κ1) is 13.9. The van der Waals surface area contributed by atoms with Gasteiger partial charge in [0, 0.05) is 11.3 Å². The van der Waals surface area contributed by atoms with Crippen LogP contribution in [0.2, 0.25) is 0 Å². The Kier molecular flexibility index (Phi) is 4.14. The van der Waals surface area contributed by atoms with Gasteiger partial charge in [-0.05, 0) is 53.2 Å². The summed E-state index contributed by atoms with van der Waals surface area (Å²) in [5, 5.41) is 2.87. The summed E-state index contributed by atoms with van der Waals surface area (Å²) in [6, 6.07) is 7.50. The molecule has 0 heterocycles. The molecule has 0 aliphatic heterocycles. The van der Waals surface area contributed by atoms with E-state index in [1.54, 1.807) is 13.0 Å². The average Bonchev–Trinajstić information content (AvgIpc) is 2.33. The minimum atomic E-state index is -0.627. The van der Waals surface area contributed by atoms with E-state index < -0.39 is 23.5 Å². The number of rotatable bonds is 3. The Bertz CT molecular complexity index is 581. The molecule has 100 valence electrons. The first-order chi connectivity index (χ1) is 8.99. The molecule has 0 saturated carbocycles. The van der Waals surface area contributed by atoms with Crippen LogP contribution < -0.4 is 5.32 Å². The molecule has 1 atom stereocenters. The van der Waals surface area contributed by atoms with Crippen molar-refractivity contribution in [2.75, 3.05) is 5.32 Å². The molecule has 0 amide bonds. The van der Waals surface area contributed by atoms with Crippen molar-refractivity contribution in [1.82, 2.24) is 0 Å². The quantitative estimate of drug-likeness (QED) is 0.831. The standard InChI is InChI=1S/C14H11BrF3N/c1-8(14-11(16)3-2-4-12(14)17)19-9-5-6-10(15)13(18)7-9/h2-8,19H,1H3. The summed E-state index contributed by atoms with van der Waals surface area (Å²) in [5.41, 5.74) is 0.390. The van der Waals surface area contributed by atoms with Crippen LogP contribution in [-0.2, 0) is 0 Å². The van der Waals surface area contributed by atoms with E-state index in [0.717, 1.165) is 0 Å². The molecule has 0 bridgehead atoms. The fraction of sp³-hybridized carbons (Fsp3) is 0.143. The van der Waals surface area contributed by atoms with Gasteiger partial charge in [0.1, 0.15) is 17.5 Å². The van der Waals surface area contributed by atoms with Gasteiger partial charge in [0.25, 0.3) is 0 Å². The summed E-state index contributed by atoms with van der Waals surface area (Å²) < 4.78 is 40.9. The minimum absolute atomic E-state index is 0.0640. The predicted octanol–water partition coefficient (Wildman–Crippen LogP) is 5.04. The first-order valence-corrected chi connectivity index (χ1v) is 6.44. The van der Waals surface area contributed by atoms with Crippen molar-refractivity contribution in [3.63, 3.8) is 0 Å². The van der Waals surface area contributed by atoms with Crippen molar-refractivity contribution in [3.05, 3.63) is 63.9 Å². The topological polar surface area (TPSA) is 12.0 Å². The number of hydrogen-bond donors (Lipinski definition) is 1. The second-order valence-corrected chi connectivity index (χ2v) is 4.98. The van der Waals surface area contributed by atoms with Gasteiger partial charge in [-0.3, -0.25) is 0 Å². The van der Waals surface area contributed by atoms with E-state index in [1.807, 2.05) is 0 Å². The Morgan fingerprint density at radius 1 is 1.00 bits per heavy atom. The lowest BCUT2D eigenvalue weighted by Crippen LogP contribution is -2.11. The Morgan fingerprint density at radius 2 is 1.63 bits per heavy atom. The van der Waals surface area contributed by atoms with E-state index in [4.69, 9.17) is 0 Å². The first-order valence-electron chi connectivity index (χ1n) is 5.64. The molecule has 0 aliphatic rings. The van der Waals surface area contributed by atoms with Crippen LogP contribution in [0.25, 0.3) is 0 Å². The van der Waals surface area contributed by atoms with Crippen molar-refractivity contribution in [2.45, 2.75) is 13.0 Å². The largest absolute Gasteiger partial charge is 0.378 e. The Labute approximate surface area is 117 Å². The molecule has 2 aromatic rings. The van der Waals surface area contributed by atoms with Gasteiger partial charge in [-0.2, -0.15) is 0 Å². The third kappa shape index (κ3) is 3.10. The van der Waals surface area contributed by atoms with Gasteiger partial charge in [0.15, 0.2) is 0 Å². The minimum Gasteiger partial charge on any atom is -0.378 e. The van der Waals surface area contributed by atoms with Crippen LogP contribution in [0.15, 0.2) is 40.9 Å². The molecule has 1 N–H and O–H groups in total. The van der Waals surface area contributed by atoms with Crippen LogP contribution in [0, 0.1) is 17.5 Å². The molecule has 2 rings (SSSR count). The summed E-state index contributed by atoms with van der Waals surface area (Å²) in [5.74, 6) is -1.69. The van der Waals surface area contributed by atoms with Crippen LogP contribution in [0.1, 0.15) is 18.5 Å². The second-order valence-electron chi connectivity index (χ2n) is 4.13. The van der Waals surface area contributed by atoms with Gasteiger partial charge in [-0.1, -0.05) is 6.07 Å². The highest BCUT2D eigenvalue weighted by atomic mass is 79.9. The molecular weight excluding hydrogens is 319 g/mol. The Balaban J connectivity index is 2.25. The molecule has 0 spiro atoms. The number of hydrogen-bond acceptors (Lipinski definition) is 1. The van der Waals surface area contributed by atoms with Crippen LogP contribution in [0.5, 0.6) is 0 Å². The van der Waals surface area contributed by atoms with E-state index >= 15 is 0 Å². The van der Waals surface area contributed by atoms with Crippen molar-refractivity contribution in [1.29, 1.82) is 0 Å². The molecule has 0 saturated heterocycles. The summed E-state index contributed by atoms with van der Waals surface area (Å²) in [7, 11) is 0. The summed E-state index contributed by atoms with van der Waals surface area (Å²) in [4.78, 5) is 0. The predicted molar refractivity (Wildman–Crippen MR) is 72.5 cm³/mol. The number of anilines is 1. The third-order valence-corrected chi connectivity index (χ3v) is 3.38. The summed E-state index contributed by atoms with van der Waals surface area (Å²) in [6.07, 6.45) is 0. The third-order valence-electron chi connectivity index (χ3n) is 2.74. The maximum absolute atomic E-state index is 13.6. The molecule has 0 radical (unpaired) electrons. The van der Waals surface area contributed by atoms with Crippen molar-refractivity contribution in [2.24, 2.45) is 0 Å². The van der Waals surface area contributed by atoms with E-state index in [9.17, 15) is 13.2 Å². The zero-order valence-corrected chi connectivity index (χ0v) is 11.6. The van der Waals surface area contributed by atoms with Crippen molar-refractivity contribution in [3.8, 4) is 0 Å². The second kappa shape index (κ2) is 5.65. The molecule has 1 unspecified atom stereocenters. The van der Waals surface area contributed by atoms with Crippen LogP contribution in [0.3, 0.4) is 0 Å². The van der Waals surface area contributed by atoms with Crippen LogP contribution in [-0.4, -0.2) is 0 Å². The average molecular weight is 330 g/mol. The summed E-state index contributed by atoms with van der Waals surface area (Å²) >= 11 is 3.04. The zero-order valence-electron chi connectivity index (χ0n) is 10.1. The number of benzene rings is 2. The van der Waals surface area contributed by atoms with E-state index in [-0.39, 0.29) is 5.56 Å². The zero-order chi connectivity index (χ0) is 14.0. The fourth-order valence-corrected chi connectivity index (χ4v) is 2.08. The maximum Gasteiger partial charge on any atom is 0.139 e. The van der Waals surface area contributed by atoms with Gasteiger partial charge in [-0.25, -0.2) is 13.2 Å². The molecule has 19 heavy (non-hydrogen) atoms. The molecule has 1 nitrogen and oxygen atoms in total. The van der Waals surface area contributed by atoms with Crippen LogP contribution in [0.4, 0.5) is 18.9 Å². The molecular formula is C14H11BrF3N. The molecule has 2 aromatic carbocycles. The smallest absolute Gasteiger partial charge is 0.139 e. The molecule has 0 fully saturated rings. The Morgan fingerprint density at radius 3 is 2.21 bits per heavy atom. The lowest BCUT2D eigenvalue weighted by Gasteiger charge is -2.17. The van der Waals surface area contributed by atoms with E-state index in [0.29, 0.717) is 10.2 Å². The van der Waals surface area contributed by atoms with Crippen molar-refractivity contribution < 1.29 is 13.2 Å². The number of halogens is 4. The van der Waals surface area contributed by atoms with Gasteiger partial charge in [-0.15, -0.1) is 0 Å². The highest BCUT2D eigenvalue weighted by molar-refractivity contribution is 9.10. The highest BCUT2D eigenvalue weighted by Crippen LogP contribution is 2.26. The lowest BCUT2D eigenvalue weighted by atomic mass is 10.1.